The average molecular weight is 292 g/mol. The van der Waals surface area contributed by atoms with Crippen LogP contribution < -0.4 is 0 Å². The van der Waals surface area contributed by atoms with E-state index >= 15 is 0 Å². The second-order valence-electron chi connectivity index (χ2n) is 5.49. The van der Waals surface area contributed by atoms with Gasteiger partial charge in [0.2, 0.25) is 0 Å². The number of ether oxygens (including phenoxy) is 1. The molecule has 1 aliphatic heterocycles. The topological polar surface area (TPSA) is 29.5 Å². The lowest BCUT2D eigenvalue weighted by Gasteiger charge is -2.29. The van der Waals surface area contributed by atoms with E-state index in [2.05, 4.69) is 22.9 Å². The number of nitrogens with zero attached hydrogens (tertiary/aromatic N) is 1. The Morgan fingerprint density at radius 3 is 2.69 bits per heavy atom. The molecule has 0 N–H and O–H groups in total. The molecule has 0 radical (unpaired) electrons. The van der Waals surface area contributed by atoms with E-state index in [1.165, 1.54) is 0 Å². The van der Waals surface area contributed by atoms with E-state index in [0.717, 1.165) is 25.8 Å². The maximum Gasteiger partial charge on any atom is 0.410 e. The molecule has 3 nitrogen and oxygen atoms in total. The van der Waals surface area contributed by atoms with Gasteiger partial charge in [-0.3, -0.25) is 0 Å². The molecule has 1 aliphatic rings. The predicted molar refractivity (Wildman–Crippen MR) is 69.0 cm³/mol. The van der Waals surface area contributed by atoms with Crippen molar-refractivity contribution in [1.29, 1.82) is 0 Å². The first-order valence-corrected chi connectivity index (χ1v) is 6.85. The zero-order chi connectivity index (χ0) is 12.3. The van der Waals surface area contributed by atoms with Crippen molar-refractivity contribution in [3.63, 3.8) is 0 Å². The van der Waals surface area contributed by atoms with E-state index in [0.29, 0.717) is 10.9 Å². The summed E-state index contributed by atoms with van der Waals surface area (Å²) in [6.45, 7) is 8.67. The summed E-state index contributed by atoms with van der Waals surface area (Å²) in [7, 11) is 0. The molecule has 1 heterocycles. The summed E-state index contributed by atoms with van der Waals surface area (Å²) >= 11 is 3.54. The lowest BCUT2D eigenvalue weighted by molar-refractivity contribution is 0.0221. The normalized spacial score (nSPS) is 23.3. The molecule has 0 aromatic carbocycles. The van der Waals surface area contributed by atoms with Gasteiger partial charge < -0.3 is 9.64 Å². The van der Waals surface area contributed by atoms with Crippen molar-refractivity contribution in [1.82, 2.24) is 4.90 Å². The van der Waals surface area contributed by atoms with Gasteiger partial charge in [0.25, 0.3) is 0 Å². The number of rotatable bonds is 2. The molecule has 0 bridgehead atoms. The molecule has 2 atom stereocenters. The predicted octanol–water partition coefficient (Wildman–Crippen LogP) is 3.56. The second-order valence-corrected chi connectivity index (χ2v) is 7.05. The highest BCUT2D eigenvalue weighted by Gasteiger charge is 2.32. The summed E-state index contributed by atoms with van der Waals surface area (Å²) in [6.07, 6.45) is 3.01. The fourth-order valence-corrected chi connectivity index (χ4v) is 2.45. The Kier molecular flexibility index (Phi) is 4.65. The minimum Gasteiger partial charge on any atom is -0.444 e. The van der Waals surface area contributed by atoms with Crippen LogP contribution in [0.25, 0.3) is 0 Å². The standard InChI is InChI=1S/C12H22BrNO2/c1-9(13)8-10-6-5-7-14(10)11(15)16-12(2,3)4/h9-10H,5-8H2,1-4H3. The van der Waals surface area contributed by atoms with Crippen molar-refractivity contribution in [2.45, 2.75) is 63.4 Å². The minimum atomic E-state index is -0.399. The Morgan fingerprint density at radius 1 is 1.56 bits per heavy atom. The summed E-state index contributed by atoms with van der Waals surface area (Å²) in [5, 5.41) is 0. The maximum atomic E-state index is 11.9. The third-order valence-corrected chi connectivity index (χ3v) is 2.98. The lowest BCUT2D eigenvalue weighted by Crippen LogP contribution is -2.40. The molecular formula is C12H22BrNO2. The van der Waals surface area contributed by atoms with Crippen molar-refractivity contribution in [2.24, 2.45) is 0 Å². The Labute approximate surface area is 107 Å². The maximum absolute atomic E-state index is 11.9. The van der Waals surface area contributed by atoms with Crippen molar-refractivity contribution in [2.75, 3.05) is 6.54 Å². The quantitative estimate of drug-likeness (QED) is 0.728. The Morgan fingerprint density at radius 2 is 2.19 bits per heavy atom. The Bertz CT molecular complexity index is 248. The molecule has 1 saturated heterocycles. The number of alkyl halides is 1. The van der Waals surface area contributed by atoms with Gasteiger partial charge in [0.05, 0.1) is 0 Å². The highest BCUT2D eigenvalue weighted by atomic mass is 79.9. The van der Waals surface area contributed by atoms with Crippen molar-refractivity contribution < 1.29 is 9.53 Å². The molecule has 1 rings (SSSR count). The molecular weight excluding hydrogens is 270 g/mol. The molecule has 94 valence electrons. The molecule has 1 amide bonds. The molecule has 1 fully saturated rings. The van der Waals surface area contributed by atoms with E-state index < -0.39 is 5.60 Å². The van der Waals surface area contributed by atoms with Crippen LogP contribution in [0.4, 0.5) is 4.79 Å². The summed E-state index contributed by atoms with van der Waals surface area (Å²) in [5.74, 6) is 0. The van der Waals surface area contributed by atoms with Gasteiger partial charge in [-0.25, -0.2) is 4.79 Å². The van der Waals surface area contributed by atoms with E-state index in [9.17, 15) is 4.79 Å². The molecule has 2 unspecified atom stereocenters. The van der Waals surface area contributed by atoms with Crippen LogP contribution in [0.2, 0.25) is 0 Å². The third kappa shape index (κ3) is 4.32. The molecule has 0 aromatic rings. The smallest absolute Gasteiger partial charge is 0.410 e. The summed E-state index contributed by atoms with van der Waals surface area (Å²) in [5.41, 5.74) is -0.399. The largest absolute Gasteiger partial charge is 0.444 e. The van der Waals surface area contributed by atoms with Gasteiger partial charge in [0.15, 0.2) is 0 Å². The third-order valence-electron chi connectivity index (χ3n) is 2.60. The number of hydrogen-bond donors (Lipinski definition) is 0. The molecule has 16 heavy (non-hydrogen) atoms. The molecule has 0 spiro atoms. The van der Waals surface area contributed by atoms with Crippen molar-refractivity contribution >= 4 is 22.0 Å². The molecule has 4 heteroatoms. The molecule has 0 saturated carbocycles. The van der Waals surface area contributed by atoms with E-state index in [4.69, 9.17) is 4.74 Å². The van der Waals surface area contributed by atoms with E-state index in [-0.39, 0.29) is 6.09 Å². The fraction of sp³-hybridized carbons (Fsp3) is 0.917. The van der Waals surface area contributed by atoms with Crippen LogP contribution in [-0.4, -0.2) is 34.0 Å². The molecule has 0 aliphatic carbocycles. The summed E-state index contributed by atoms with van der Waals surface area (Å²) < 4.78 is 5.41. The monoisotopic (exact) mass is 291 g/mol. The first-order valence-electron chi connectivity index (χ1n) is 5.93. The number of likely N-dealkylation sites (tertiary alicyclic amines) is 1. The Hall–Kier alpha value is -0.250. The second kappa shape index (κ2) is 5.39. The number of carbonyl (C=O) groups is 1. The highest BCUT2D eigenvalue weighted by Crippen LogP contribution is 2.25. The minimum absolute atomic E-state index is 0.164. The zero-order valence-corrected chi connectivity index (χ0v) is 12.2. The Balaban J connectivity index is 2.54. The lowest BCUT2D eigenvalue weighted by atomic mass is 10.1. The van der Waals surface area contributed by atoms with Crippen LogP contribution in [-0.2, 0) is 4.74 Å². The van der Waals surface area contributed by atoms with Gasteiger partial charge >= 0.3 is 6.09 Å². The highest BCUT2D eigenvalue weighted by molar-refractivity contribution is 9.09. The fourth-order valence-electron chi connectivity index (χ4n) is 2.02. The zero-order valence-electron chi connectivity index (χ0n) is 10.6. The number of amides is 1. The van der Waals surface area contributed by atoms with Crippen LogP contribution in [0.5, 0.6) is 0 Å². The van der Waals surface area contributed by atoms with Crippen LogP contribution in [0.1, 0.15) is 47.0 Å². The number of hydrogen-bond acceptors (Lipinski definition) is 2. The van der Waals surface area contributed by atoms with Gasteiger partial charge in [0, 0.05) is 17.4 Å². The van der Waals surface area contributed by atoms with Gasteiger partial charge in [-0.1, -0.05) is 22.9 Å². The first-order chi connectivity index (χ1) is 7.29. The van der Waals surface area contributed by atoms with Gasteiger partial charge in [-0.05, 0) is 40.0 Å². The summed E-state index contributed by atoms with van der Waals surface area (Å²) in [6, 6.07) is 0.337. The van der Waals surface area contributed by atoms with E-state index in [1.807, 2.05) is 25.7 Å². The SMILES string of the molecule is CC(Br)CC1CCCN1C(=O)OC(C)(C)C. The molecule has 0 aromatic heterocycles. The van der Waals surface area contributed by atoms with Crippen LogP contribution >= 0.6 is 15.9 Å². The van der Waals surface area contributed by atoms with Gasteiger partial charge in [-0.2, -0.15) is 0 Å². The van der Waals surface area contributed by atoms with Gasteiger partial charge in [0.1, 0.15) is 5.60 Å². The first kappa shape index (κ1) is 13.8. The summed E-state index contributed by atoms with van der Waals surface area (Å²) in [4.78, 5) is 14.3. The van der Waals surface area contributed by atoms with E-state index in [1.54, 1.807) is 0 Å². The van der Waals surface area contributed by atoms with Crippen molar-refractivity contribution in [3.05, 3.63) is 0 Å². The number of halogens is 1. The van der Waals surface area contributed by atoms with Gasteiger partial charge in [-0.15, -0.1) is 0 Å². The number of carbonyl (C=O) groups excluding carboxylic acids is 1. The van der Waals surface area contributed by atoms with Crippen LogP contribution in [0.15, 0.2) is 0 Å². The van der Waals surface area contributed by atoms with Crippen LogP contribution in [0.3, 0.4) is 0 Å². The van der Waals surface area contributed by atoms with Crippen LogP contribution in [0, 0.1) is 0 Å². The average Bonchev–Trinajstić information content (AvgIpc) is 2.47. The van der Waals surface area contributed by atoms with Crippen molar-refractivity contribution in [3.8, 4) is 0 Å².